The molecule has 0 aliphatic carbocycles. The number of ketones is 1. The Labute approximate surface area is 211 Å². The number of methoxy groups -OCH3 is 3. The summed E-state index contributed by atoms with van der Waals surface area (Å²) in [6.07, 6.45) is 1.69. The van der Waals surface area contributed by atoms with Gasteiger partial charge in [0.1, 0.15) is 0 Å². The first-order valence-corrected chi connectivity index (χ1v) is 12.0. The van der Waals surface area contributed by atoms with Crippen molar-refractivity contribution in [2.75, 3.05) is 27.9 Å². The molecule has 0 unspecified atom stereocenters. The second-order valence-corrected chi connectivity index (χ2v) is 8.79. The molecule has 7 nitrogen and oxygen atoms in total. The molecule has 1 fully saturated rings. The van der Waals surface area contributed by atoms with Crippen LogP contribution >= 0.6 is 0 Å². The number of hydrogen-bond acceptors (Lipinski definition) is 6. The van der Waals surface area contributed by atoms with Crippen molar-refractivity contribution < 1.29 is 23.8 Å². The number of Topliss-reactive ketones (excluding diaryl/α,β-unsaturated/α-hetero) is 1. The van der Waals surface area contributed by atoms with Gasteiger partial charge < -0.3 is 24.8 Å². The van der Waals surface area contributed by atoms with Crippen LogP contribution in [0.25, 0.3) is 0 Å². The van der Waals surface area contributed by atoms with Crippen LogP contribution < -0.4 is 24.8 Å². The Balaban J connectivity index is 1.82. The van der Waals surface area contributed by atoms with E-state index < -0.39 is 5.54 Å². The van der Waals surface area contributed by atoms with Gasteiger partial charge in [0.05, 0.1) is 32.9 Å². The zero-order valence-electron chi connectivity index (χ0n) is 20.9. The number of hydrogen-bond donors (Lipinski definition) is 2. The van der Waals surface area contributed by atoms with E-state index in [-0.39, 0.29) is 24.2 Å². The van der Waals surface area contributed by atoms with Crippen LogP contribution in [0.2, 0.25) is 0 Å². The molecule has 188 valence electrons. The average molecular weight is 489 g/mol. The number of carbonyl (C=O) groups excluding carboxylic acids is 2. The fourth-order valence-corrected chi connectivity index (χ4v) is 4.80. The molecule has 1 saturated heterocycles. The molecule has 1 atom stereocenters. The van der Waals surface area contributed by atoms with Crippen molar-refractivity contribution in [2.45, 2.75) is 30.8 Å². The number of ether oxygens (including phenoxy) is 3. The lowest BCUT2D eigenvalue weighted by Gasteiger charge is -2.36. The molecular weight excluding hydrogens is 456 g/mol. The third-order valence-electron chi connectivity index (χ3n) is 6.66. The van der Waals surface area contributed by atoms with E-state index in [9.17, 15) is 9.59 Å². The lowest BCUT2D eigenvalue weighted by Crippen LogP contribution is -2.53. The van der Waals surface area contributed by atoms with Crippen molar-refractivity contribution in [3.05, 3.63) is 89.5 Å². The van der Waals surface area contributed by atoms with E-state index >= 15 is 0 Å². The Kier molecular flexibility index (Phi) is 7.90. The van der Waals surface area contributed by atoms with Crippen LogP contribution in [-0.4, -0.2) is 45.6 Å². The molecule has 1 heterocycles. The zero-order chi connectivity index (χ0) is 25.5. The molecular formula is C29H32N2O5. The van der Waals surface area contributed by atoms with Gasteiger partial charge in [0.2, 0.25) is 11.7 Å². The van der Waals surface area contributed by atoms with Crippen LogP contribution in [0.1, 0.15) is 40.7 Å². The number of rotatable bonds is 10. The van der Waals surface area contributed by atoms with Crippen LogP contribution in [0.3, 0.4) is 0 Å². The summed E-state index contributed by atoms with van der Waals surface area (Å²) in [4.78, 5) is 27.4. The van der Waals surface area contributed by atoms with Crippen LogP contribution in [0.4, 0.5) is 0 Å². The molecule has 7 heteroatoms. The molecule has 36 heavy (non-hydrogen) atoms. The second kappa shape index (κ2) is 11.3. The Morgan fingerprint density at radius 2 is 1.44 bits per heavy atom. The quantitative estimate of drug-likeness (QED) is 0.418. The van der Waals surface area contributed by atoms with E-state index in [1.807, 2.05) is 60.7 Å². The van der Waals surface area contributed by atoms with Gasteiger partial charge in [-0.2, -0.15) is 0 Å². The number of carbonyl (C=O) groups is 2. The highest BCUT2D eigenvalue weighted by atomic mass is 16.5. The third-order valence-corrected chi connectivity index (χ3v) is 6.66. The van der Waals surface area contributed by atoms with Crippen LogP contribution in [0.5, 0.6) is 17.2 Å². The van der Waals surface area contributed by atoms with Gasteiger partial charge >= 0.3 is 0 Å². The molecule has 1 aliphatic rings. The van der Waals surface area contributed by atoms with Gasteiger partial charge in [0, 0.05) is 12.0 Å². The fraction of sp³-hybridized carbons (Fsp3) is 0.310. The molecule has 3 aromatic carbocycles. The summed E-state index contributed by atoms with van der Waals surface area (Å²) in [5.41, 5.74) is 0.960. The standard InChI is InChI=1S/C29H32N2O5/c1-34-25-17-20(18-26(35-2)27(25)36-3)24(32)19-29(21-11-6-4-7-12-21,22-13-8-5-9-14-22)31-28(33)23-15-10-16-30-23/h4-9,11-14,17-18,23,30H,10,15-16,19H2,1-3H3,(H,31,33)/t23-/m0/s1. The highest BCUT2D eigenvalue weighted by Crippen LogP contribution is 2.40. The maximum Gasteiger partial charge on any atom is 0.238 e. The van der Waals surface area contributed by atoms with Crippen molar-refractivity contribution >= 4 is 11.7 Å². The van der Waals surface area contributed by atoms with Crippen LogP contribution in [0, 0.1) is 0 Å². The number of amides is 1. The first-order chi connectivity index (χ1) is 17.5. The molecule has 0 spiro atoms. The molecule has 3 aromatic rings. The number of nitrogens with one attached hydrogen (secondary N) is 2. The molecule has 0 saturated carbocycles. The van der Waals surface area contributed by atoms with Crippen molar-refractivity contribution in [1.29, 1.82) is 0 Å². The zero-order valence-corrected chi connectivity index (χ0v) is 20.9. The molecule has 0 radical (unpaired) electrons. The summed E-state index contributed by atoms with van der Waals surface area (Å²) in [7, 11) is 4.54. The van der Waals surface area contributed by atoms with Gasteiger partial charge in [0.25, 0.3) is 0 Å². The first kappa shape index (κ1) is 25.3. The van der Waals surface area contributed by atoms with Crippen molar-refractivity contribution in [3.8, 4) is 17.2 Å². The van der Waals surface area contributed by atoms with Gasteiger partial charge in [-0.25, -0.2) is 0 Å². The highest BCUT2D eigenvalue weighted by molar-refractivity contribution is 5.99. The Morgan fingerprint density at radius 1 is 0.889 bits per heavy atom. The molecule has 1 aliphatic heterocycles. The summed E-state index contributed by atoms with van der Waals surface area (Å²) in [5.74, 6) is 0.892. The third kappa shape index (κ3) is 5.06. The summed E-state index contributed by atoms with van der Waals surface area (Å²) in [6.45, 7) is 0.798. The number of benzene rings is 3. The Hall–Kier alpha value is -3.84. The van der Waals surface area contributed by atoms with Gasteiger partial charge in [0.15, 0.2) is 17.3 Å². The SMILES string of the molecule is COc1cc(C(=O)CC(NC(=O)[C@@H]2CCCN2)(c2ccccc2)c2ccccc2)cc(OC)c1OC. The van der Waals surface area contributed by atoms with E-state index in [0.717, 1.165) is 30.5 Å². The van der Waals surface area contributed by atoms with Gasteiger partial charge in [-0.3, -0.25) is 9.59 Å². The largest absolute Gasteiger partial charge is 0.493 e. The minimum atomic E-state index is -1.08. The maximum atomic E-state index is 13.9. The summed E-state index contributed by atoms with van der Waals surface area (Å²) >= 11 is 0. The molecule has 4 rings (SSSR count). The lowest BCUT2D eigenvalue weighted by molar-refractivity contribution is -0.124. The summed E-state index contributed by atoms with van der Waals surface area (Å²) in [6, 6.07) is 22.2. The second-order valence-electron chi connectivity index (χ2n) is 8.79. The predicted molar refractivity (Wildman–Crippen MR) is 138 cm³/mol. The Bertz CT molecular complexity index is 1130. The maximum absolute atomic E-state index is 13.9. The summed E-state index contributed by atoms with van der Waals surface area (Å²) in [5, 5.41) is 6.54. The lowest BCUT2D eigenvalue weighted by atomic mass is 9.77. The molecule has 0 aromatic heterocycles. The monoisotopic (exact) mass is 488 g/mol. The minimum absolute atomic E-state index is 0.00186. The van der Waals surface area contributed by atoms with Gasteiger partial charge in [-0.15, -0.1) is 0 Å². The average Bonchev–Trinajstić information content (AvgIpc) is 3.48. The van der Waals surface area contributed by atoms with Crippen molar-refractivity contribution in [1.82, 2.24) is 10.6 Å². The topological polar surface area (TPSA) is 85.9 Å². The van der Waals surface area contributed by atoms with Crippen LogP contribution in [-0.2, 0) is 10.3 Å². The Morgan fingerprint density at radius 3 is 1.89 bits per heavy atom. The minimum Gasteiger partial charge on any atom is -0.493 e. The molecule has 2 N–H and O–H groups in total. The van der Waals surface area contributed by atoms with E-state index in [0.29, 0.717) is 22.8 Å². The smallest absolute Gasteiger partial charge is 0.238 e. The van der Waals surface area contributed by atoms with Crippen molar-refractivity contribution in [3.63, 3.8) is 0 Å². The van der Waals surface area contributed by atoms with E-state index in [4.69, 9.17) is 14.2 Å². The van der Waals surface area contributed by atoms with E-state index in [1.165, 1.54) is 21.3 Å². The molecule has 0 bridgehead atoms. The predicted octanol–water partition coefficient (Wildman–Crippen LogP) is 4.10. The van der Waals surface area contributed by atoms with E-state index in [2.05, 4.69) is 10.6 Å². The normalized spacial score (nSPS) is 15.2. The van der Waals surface area contributed by atoms with Gasteiger partial charge in [-0.1, -0.05) is 60.7 Å². The fourth-order valence-electron chi connectivity index (χ4n) is 4.80. The summed E-state index contributed by atoms with van der Waals surface area (Å²) < 4.78 is 16.3. The van der Waals surface area contributed by atoms with Crippen molar-refractivity contribution in [2.24, 2.45) is 0 Å². The van der Waals surface area contributed by atoms with E-state index in [1.54, 1.807) is 12.1 Å². The van der Waals surface area contributed by atoms with Crippen LogP contribution in [0.15, 0.2) is 72.8 Å². The first-order valence-electron chi connectivity index (χ1n) is 12.0. The highest BCUT2D eigenvalue weighted by Gasteiger charge is 2.40. The molecule has 1 amide bonds. The van der Waals surface area contributed by atoms with Gasteiger partial charge in [-0.05, 0) is 42.6 Å².